The number of benzene rings is 1. The number of sulfonamides is 1. The number of ether oxygens (including phenoxy) is 2. The van der Waals surface area contributed by atoms with E-state index in [-0.39, 0.29) is 18.9 Å². The number of hydrogen-bond acceptors (Lipinski definition) is 5. The number of amides is 1. The summed E-state index contributed by atoms with van der Waals surface area (Å²) in [6, 6.07) is 4.71. The molecule has 1 aliphatic rings. The van der Waals surface area contributed by atoms with Crippen molar-refractivity contribution in [2.24, 2.45) is 0 Å². The molecule has 0 radical (unpaired) electrons. The zero-order chi connectivity index (χ0) is 18.4. The number of halogens is 1. The Balaban J connectivity index is 2.10. The molecule has 0 aliphatic carbocycles. The van der Waals surface area contributed by atoms with Gasteiger partial charge in [-0.1, -0.05) is 11.6 Å². The summed E-state index contributed by atoms with van der Waals surface area (Å²) < 4.78 is 36.4. The number of carbonyl (C=O) groups is 1. The molecule has 0 aromatic heterocycles. The van der Waals surface area contributed by atoms with E-state index < -0.39 is 16.1 Å². The van der Waals surface area contributed by atoms with Crippen LogP contribution >= 0.6 is 11.6 Å². The van der Waals surface area contributed by atoms with Gasteiger partial charge in [0.25, 0.3) is 5.91 Å². The van der Waals surface area contributed by atoms with E-state index in [1.165, 1.54) is 10.4 Å². The maximum atomic E-state index is 12.3. The van der Waals surface area contributed by atoms with E-state index in [0.717, 1.165) is 6.26 Å². The summed E-state index contributed by atoms with van der Waals surface area (Å²) in [5, 5.41) is 3.19. The van der Waals surface area contributed by atoms with Gasteiger partial charge in [-0.05, 0) is 31.5 Å². The summed E-state index contributed by atoms with van der Waals surface area (Å²) >= 11 is 5.99. The minimum atomic E-state index is -3.51. The number of carbonyl (C=O) groups excluding carboxylic acids is 1. The number of anilines is 1. The van der Waals surface area contributed by atoms with Crippen LogP contribution in [0.15, 0.2) is 18.2 Å². The zero-order valence-electron chi connectivity index (χ0n) is 14.3. The fourth-order valence-electron chi connectivity index (χ4n) is 2.53. The topological polar surface area (TPSA) is 84.9 Å². The Morgan fingerprint density at radius 3 is 2.92 bits per heavy atom. The molecule has 1 heterocycles. The first-order valence-corrected chi connectivity index (χ1v) is 10.3. The molecule has 2 rings (SSSR count). The fourth-order valence-corrected chi connectivity index (χ4v) is 3.63. The van der Waals surface area contributed by atoms with Gasteiger partial charge in [-0.25, -0.2) is 8.42 Å². The van der Waals surface area contributed by atoms with Gasteiger partial charge in [0.2, 0.25) is 10.0 Å². The van der Waals surface area contributed by atoms with Crippen molar-refractivity contribution in [3.05, 3.63) is 23.2 Å². The Morgan fingerprint density at radius 1 is 1.48 bits per heavy atom. The molecule has 0 fully saturated rings. The number of fused-ring (bicyclic) bond motifs is 1. The van der Waals surface area contributed by atoms with Gasteiger partial charge >= 0.3 is 0 Å². The summed E-state index contributed by atoms with van der Waals surface area (Å²) in [7, 11) is -3.51. The maximum Gasteiger partial charge on any atom is 0.261 e. The number of nitrogens with one attached hydrogen (secondary N) is 1. The van der Waals surface area contributed by atoms with Crippen LogP contribution < -0.4 is 14.4 Å². The van der Waals surface area contributed by atoms with Gasteiger partial charge in [0.1, 0.15) is 5.75 Å². The number of nitrogens with zero attached hydrogens (tertiary/aromatic N) is 1. The van der Waals surface area contributed by atoms with E-state index >= 15 is 0 Å². The first-order valence-electron chi connectivity index (χ1n) is 8.12. The second-order valence-corrected chi connectivity index (χ2v) is 8.03. The van der Waals surface area contributed by atoms with Crippen LogP contribution in [0.3, 0.4) is 0 Å². The molecule has 0 saturated heterocycles. The SMILES string of the molecule is CCOCCCNC(=O)[C@H]1CCN(S(C)(=O)=O)c2cc(Cl)ccc2O1. The van der Waals surface area contributed by atoms with Gasteiger partial charge in [-0.3, -0.25) is 9.10 Å². The molecule has 1 atom stereocenters. The summed E-state index contributed by atoms with van der Waals surface area (Å²) in [6.45, 7) is 3.74. The molecule has 1 N–H and O–H groups in total. The van der Waals surface area contributed by atoms with E-state index in [1.807, 2.05) is 6.92 Å². The quantitative estimate of drug-likeness (QED) is 0.717. The lowest BCUT2D eigenvalue weighted by molar-refractivity contribution is -0.128. The minimum absolute atomic E-state index is 0.142. The van der Waals surface area contributed by atoms with E-state index in [1.54, 1.807) is 12.1 Å². The van der Waals surface area contributed by atoms with Crippen molar-refractivity contribution in [3.63, 3.8) is 0 Å². The molecule has 1 aromatic rings. The van der Waals surface area contributed by atoms with Crippen molar-refractivity contribution in [2.45, 2.75) is 25.9 Å². The minimum Gasteiger partial charge on any atom is -0.478 e. The summed E-state index contributed by atoms with van der Waals surface area (Å²) in [5.41, 5.74) is 0.349. The van der Waals surface area contributed by atoms with Crippen LogP contribution in [0, 0.1) is 0 Å². The molecule has 7 nitrogen and oxygen atoms in total. The Hall–Kier alpha value is -1.51. The van der Waals surface area contributed by atoms with Gasteiger partial charge in [0.15, 0.2) is 6.10 Å². The highest BCUT2D eigenvalue weighted by Gasteiger charge is 2.31. The van der Waals surface area contributed by atoms with Gasteiger partial charge < -0.3 is 14.8 Å². The molecule has 25 heavy (non-hydrogen) atoms. The Morgan fingerprint density at radius 2 is 2.24 bits per heavy atom. The van der Waals surface area contributed by atoms with E-state index in [2.05, 4.69) is 5.32 Å². The standard InChI is InChI=1S/C16H23ClN2O5S/c1-3-23-10-4-8-18-16(20)15-7-9-19(25(2,21)22)13-11-12(17)5-6-14(13)24-15/h5-6,11,15H,3-4,7-10H2,1-2H3,(H,18,20)/t15-/m1/s1. The average molecular weight is 391 g/mol. The lowest BCUT2D eigenvalue weighted by Gasteiger charge is -2.21. The molecule has 140 valence electrons. The molecule has 1 amide bonds. The van der Waals surface area contributed by atoms with Crippen molar-refractivity contribution in [1.29, 1.82) is 0 Å². The van der Waals surface area contributed by atoms with E-state index in [0.29, 0.717) is 42.6 Å². The molecule has 0 unspecified atom stereocenters. The van der Waals surface area contributed by atoms with E-state index in [9.17, 15) is 13.2 Å². The van der Waals surface area contributed by atoms with Gasteiger partial charge in [-0.15, -0.1) is 0 Å². The van der Waals surface area contributed by atoms with Crippen molar-refractivity contribution >= 4 is 33.2 Å². The zero-order valence-corrected chi connectivity index (χ0v) is 15.9. The second-order valence-electron chi connectivity index (χ2n) is 5.68. The lowest BCUT2D eigenvalue weighted by atomic mass is 10.2. The number of hydrogen-bond donors (Lipinski definition) is 1. The maximum absolute atomic E-state index is 12.3. The predicted molar refractivity (Wildman–Crippen MR) is 96.8 cm³/mol. The summed E-state index contributed by atoms with van der Waals surface area (Å²) in [4.78, 5) is 12.3. The molecule has 1 aliphatic heterocycles. The molecule has 0 saturated carbocycles. The predicted octanol–water partition coefficient (Wildman–Crippen LogP) is 1.80. The van der Waals surface area contributed by atoms with Crippen LogP contribution in [-0.2, 0) is 19.6 Å². The molecule has 0 bridgehead atoms. The largest absolute Gasteiger partial charge is 0.478 e. The molecular formula is C16H23ClN2O5S. The van der Waals surface area contributed by atoms with Gasteiger partial charge in [0, 0.05) is 37.7 Å². The van der Waals surface area contributed by atoms with Gasteiger partial charge in [0.05, 0.1) is 11.9 Å². The van der Waals surface area contributed by atoms with Crippen LogP contribution in [0.1, 0.15) is 19.8 Å². The van der Waals surface area contributed by atoms with Gasteiger partial charge in [-0.2, -0.15) is 0 Å². The average Bonchev–Trinajstić information content (AvgIpc) is 2.73. The summed E-state index contributed by atoms with van der Waals surface area (Å²) in [6.07, 6.45) is 1.30. The first-order chi connectivity index (χ1) is 11.8. The third-order valence-electron chi connectivity index (χ3n) is 3.71. The van der Waals surface area contributed by atoms with Crippen LogP contribution in [0.25, 0.3) is 0 Å². The monoisotopic (exact) mass is 390 g/mol. The Labute approximate surface area is 153 Å². The first kappa shape index (κ1) is 19.8. The molecule has 0 spiro atoms. The van der Waals surface area contributed by atoms with Crippen LogP contribution in [-0.4, -0.2) is 53.0 Å². The molecular weight excluding hydrogens is 368 g/mol. The normalized spacial score (nSPS) is 17.4. The Kier molecular flexibility index (Phi) is 6.92. The highest BCUT2D eigenvalue weighted by Crippen LogP contribution is 2.36. The lowest BCUT2D eigenvalue weighted by Crippen LogP contribution is -2.40. The second kappa shape index (κ2) is 8.73. The van der Waals surface area contributed by atoms with Crippen LogP contribution in [0.2, 0.25) is 5.02 Å². The van der Waals surface area contributed by atoms with Crippen molar-refractivity contribution in [3.8, 4) is 5.75 Å². The third-order valence-corrected chi connectivity index (χ3v) is 5.13. The van der Waals surface area contributed by atoms with Crippen molar-refractivity contribution in [1.82, 2.24) is 5.32 Å². The highest BCUT2D eigenvalue weighted by atomic mass is 35.5. The fraction of sp³-hybridized carbons (Fsp3) is 0.562. The number of rotatable bonds is 7. The van der Waals surface area contributed by atoms with Crippen molar-refractivity contribution in [2.75, 3.05) is 36.9 Å². The molecule has 9 heteroatoms. The highest BCUT2D eigenvalue weighted by molar-refractivity contribution is 7.92. The molecule has 1 aromatic carbocycles. The van der Waals surface area contributed by atoms with Crippen LogP contribution in [0.5, 0.6) is 5.75 Å². The summed E-state index contributed by atoms with van der Waals surface area (Å²) in [5.74, 6) is 0.0505. The van der Waals surface area contributed by atoms with Crippen LogP contribution in [0.4, 0.5) is 5.69 Å². The van der Waals surface area contributed by atoms with Crippen molar-refractivity contribution < 1.29 is 22.7 Å². The smallest absolute Gasteiger partial charge is 0.261 e. The third kappa shape index (κ3) is 5.49. The van der Waals surface area contributed by atoms with E-state index in [4.69, 9.17) is 21.1 Å². The Bertz CT molecular complexity index is 710.